The lowest BCUT2D eigenvalue weighted by Gasteiger charge is -2.29. The van der Waals surface area contributed by atoms with Crippen LogP contribution in [0.5, 0.6) is 0 Å². The summed E-state index contributed by atoms with van der Waals surface area (Å²) in [5.41, 5.74) is 3.63. The molecule has 3 N–H and O–H groups in total. The Morgan fingerprint density at radius 3 is 2.78 bits per heavy atom. The van der Waals surface area contributed by atoms with Crippen LogP contribution in [0.2, 0.25) is 0 Å². The highest BCUT2D eigenvalue weighted by Gasteiger charge is 2.47. The molecule has 1 aromatic heterocycles. The Morgan fingerprint density at radius 1 is 1.28 bits per heavy atom. The first-order chi connectivity index (χ1) is 17.3. The molecule has 0 aromatic carbocycles. The Hall–Kier alpha value is -3.63. The predicted octanol–water partition coefficient (Wildman–Crippen LogP) is 1.16. The molecule has 4 unspecified atom stereocenters. The van der Waals surface area contributed by atoms with E-state index in [1.54, 1.807) is 4.90 Å². The number of hydrogen-bond donors (Lipinski definition) is 3. The van der Waals surface area contributed by atoms with Gasteiger partial charge in [0, 0.05) is 25.3 Å². The van der Waals surface area contributed by atoms with E-state index in [9.17, 15) is 19.2 Å². The molecule has 4 amide bonds. The number of nitrogens with one attached hydrogen (secondary N) is 3. The number of amides is 4. The average Bonchev–Trinajstić information content (AvgIpc) is 3.42. The van der Waals surface area contributed by atoms with Gasteiger partial charge in [-0.1, -0.05) is 13.0 Å². The highest BCUT2D eigenvalue weighted by Crippen LogP contribution is 2.44. The van der Waals surface area contributed by atoms with Crippen molar-refractivity contribution in [3.05, 3.63) is 34.8 Å². The molecule has 2 fully saturated rings. The third-order valence-corrected chi connectivity index (χ3v) is 7.31. The quantitative estimate of drug-likeness (QED) is 0.485. The first-order valence-electron chi connectivity index (χ1n) is 12.6. The molecule has 36 heavy (non-hydrogen) atoms. The fraction of sp³-hybridized carbons (Fsp3) is 0.560. The van der Waals surface area contributed by atoms with Crippen molar-refractivity contribution < 1.29 is 19.2 Å². The Bertz CT molecular complexity index is 1170. The van der Waals surface area contributed by atoms with Crippen molar-refractivity contribution in [1.82, 2.24) is 30.9 Å². The van der Waals surface area contributed by atoms with Crippen LogP contribution >= 0.6 is 0 Å². The van der Waals surface area contributed by atoms with Crippen LogP contribution < -0.4 is 10.6 Å². The van der Waals surface area contributed by atoms with Crippen LogP contribution in [0, 0.1) is 17.8 Å². The second-order valence-electron chi connectivity index (χ2n) is 10.2. The second-order valence-corrected chi connectivity index (χ2v) is 10.2. The van der Waals surface area contributed by atoms with Crippen LogP contribution in [0.4, 0.5) is 0 Å². The van der Waals surface area contributed by atoms with E-state index in [-0.39, 0.29) is 36.1 Å². The van der Waals surface area contributed by atoms with E-state index in [0.717, 1.165) is 36.1 Å². The molecule has 2 aliphatic heterocycles. The number of carbonyl (C=O) groups excluding carboxylic acids is 4. The minimum Gasteiger partial charge on any atom is -0.348 e. The van der Waals surface area contributed by atoms with Crippen LogP contribution in [-0.4, -0.2) is 62.2 Å². The van der Waals surface area contributed by atoms with E-state index < -0.39 is 18.0 Å². The van der Waals surface area contributed by atoms with Crippen molar-refractivity contribution in [3.8, 4) is 0 Å². The Kier molecular flexibility index (Phi) is 6.55. The molecule has 4 aliphatic rings. The number of aromatic nitrogens is 3. The number of carbonyl (C=O) groups is 4. The van der Waals surface area contributed by atoms with Gasteiger partial charge in [-0.05, 0) is 55.1 Å². The maximum absolute atomic E-state index is 13.9. The lowest BCUT2D eigenvalue weighted by atomic mass is 9.87. The molecule has 1 saturated carbocycles. The average molecular weight is 494 g/mol. The van der Waals surface area contributed by atoms with E-state index >= 15 is 0 Å². The molecule has 1 aromatic rings. The molecule has 0 spiro atoms. The molecule has 190 valence electrons. The molecular weight excluding hydrogens is 462 g/mol. The van der Waals surface area contributed by atoms with Gasteiger partial charge in [-0.3, -0.25) is 24.1 Å². The number of H-pyrrole nitrogens is 1. The topological polar surface area (TPSA) is 150 Å². The summed E-state index contributed by atoms with van der Waals surface area (Å²) < 4.78 is 0. The van der Waals surface area contributed by atoms with Gasteiger partial charge in [-0.2, -0.15) is 15.4 Å². The largest absolute Gasteiger partial charge is 0.348 e. The maximum Gasteiger partial charge on any atom is 0.250 e. The molecule has 0 radical (unpaired) electrons. The number of aromatic amines is 1. The summed E-state index contributed by atoms with van der Waals surface area (Å²) in [5.74, 6) is -1.28. The fourth-order valence-electron chi connectivity index (χ4n) is 5.49. The summed E-state index contributed by atoms with van der Waals surface area (Å²) in [7, 11) is 0. The zero-order chi connectivity index (χ0) is 25.4. The van der Waals surface area contributed by atoms with Gasteiger partial charge in [0.05, 0.1) is 18.7 Å². The molecule has 1 saturated heterocycles. The van der Waals surface area contributed by atoms with Crippen molar-refractivity contribution in [2.75, 3.05) is 0 Å². The monoisotopic (exact) mass is 493 g/mol. The summed E-state index contributed by atoms with van der Waals surface area (Å²) in [6.07, 6.45) is 9.30. The van der Waals surface area contributed by atoms with Crippen molar-refractivity contribution in [2.24, 2.45) is 22.7 Å². The third-order valence-electron chi connectivity index (χ3n) is 7.31. The van der Waals surface area contributed by atoms with E-state index in [0.29, 0.717) is 30.9 Å². The number of rotatable bonds is 7. The number of allylic oxidation sites excluding steroid dienone is 3. The zero-order valence-electron chi connectivity index (χ0n) is 20.5. The summed E-state index contributed by atoms with van der Waals surface area (Å²) >= 11 is 0. The van der Waals surface area contributed by atoms with E-state index in [1.165, 1.54) is 19.3 Å². The van der Waals surface area contributed by atoms with Gasteiger partial charge >= 0.3 is 0 Å². The Labute approximate surface area is 208 Å². The van der Waals surface area contributed by atoms with Crippen molar-refractivity contribution >= 4 is 29.8 Å². The van der Waals surface area contributed by atoms with Crippen LogP contribution in [-0.2, 0) is 25.7 Å². The van der Waals surface area contributed by atoms with Crippen molar-refractivity contribution in [1.29, 1.82) is 0 Å². The lowest BCUT2D eigenvalue weighted by molar-refractivity contribution is -0.140. The highest BCUT2D eigenvalue weighted by atomic mass is 16.2. The minimum absolute atomic E-state index is 0.137. The number of nitrogens with zero attached hydrogens (tertiary/aromatic N) is 4. The molecule has 2 aliphatic carbocycles. The molecule has 5 rings (SSSR count). The van der Waals surface area contributed by atoms with E-state index in [4.69, 9.17) is 0 Å². The lowest BCUT2D eigenvalue weighted by Crippen LogP contribution is -2.53. The maximum atomic E-state index is 13.9. The van der Waals surface area contributed by atoms with Gasteiger partial charge in [0.25, 0.3) is 0 Å². The van der Waals surface area contributed by atoms with Crippen molar-refractivity contribution in [2.45, 2.75) is 71.0 Å². The van der Waals surface area contributed by atoms with Crippen LogP contribution in [0.25, 0.3) is 0 Å². The Balaban J connectivity index is 1.37. The van der Waals surface area contributed by atoms with Gasteiger partial charge in [0.15, 0.2) is 0 Å². The number of hydrogen-bond acceptors (Lipinski definition) is 6. The minimum atomic E-state index is -0.754. The van der Waals surface area contributed by atoms with Crippen LogP contribution in [0.3, 0.4) is 0 Å². The molecule has 3 heterocycles. The molecule has 4 atom stereocenters. The number of aliphatic imine (C=N–C) groups is 1. The third kappa shape index (κ3) is 4.87. The van der Waals surface area contributed by atoms with E-state index in [1.807, 2.05) is 0 Å². The standard InChI is InChI=1S/C25H31N7O4/c1-13-7-16-5-6-20(29-23(34)19(15-3-4-15)12-26-14(2)33)25(36)32-21(9-17(8-13)22(16)32)24(35)27-10-18-11-28-31-30-18/h8,11-13,15,19-21H,3-7,9-10H2,1-2H3,(H,27,35)(H,29,34)(H,28,30,31). The van der Waals surface area contributed by atoms with Gasteiger partial charge < -0.3 is 10.6 Å². The molecule has 11 heteroatoms. The first kappa shape index (κ1) is 24.1. The van der Waals surface area contributed by atoms with Gasteiger partial charge in [-0.15, -0.1) is 0 Å². The normalized spacial score (nSPS) is 26.4. The SMILES string of the molecule is CC(=O)N=CC(C(=O)NC1CCC2=C3C(=CC(C)C2)CC(C(=O)NCc2cn[nH]n2)N3C1=O)C1CC1. The van der Waals surface area contributed by atoms with Gasteiger partial charge in [0.2, 0.25) is 23.6 Å². The van der Waals surface area contributed by atoms with Gasteiger partial charge in [0.1, 0.15) is 17.8 Å². The Morgan fingerprint density at radius 2 is 2.08 bits per heavy atom. The van der Waals surface area contributed by atoms with Crippen LogP contribution in [0.1, 0.15) is 58.1 Å². The fourth-order valence-corrected chi connectivity index (χ4v) is 5.49. The second kappa shape index (κ2) is 9.79. The summed E-state index contributed by atoms with van der Waals surface area (Å²) in [4.78, 5) is 57.1. The zero-order valence-corrected chi connectivity index (χ0v) is 20.5. The van der Waals surface area contributed by atoms with Crippen molar-refractivity contribution in [3.63, 3.8) is 0 Å². The van der Waals surface area contributed by atoms with E-state index in [2.05, 4.69) is 44.0 Å². The summed E-state index contributed by atoms with van der Waals surface area (Å²) in [5, 5.41) is 16.1. The van der Waals surface area contributed by atoms with Gasteiger partial charge in [-0.25, -0.2) is 4.99 Å². The molecule has 0 bridgehead atoms. The predicted molar refractivity (Wildman–Crippen MR) is 129 cm³/mol. The summed E-state index contributed by atoms with van der Waals surface area (Å²) in [6.45, 7) is 3.68. The summed E-state index contributed by atoms with van der Waals surface area (Å²) in [6, 6.07) is -1.45. The molecular formula is C25H31N7O4. The first-order valence-corrected chi connectivity index (χ1v) is 12.6. The highest BCUT2D eigenvalue weighted by molar-refractivity contribution is 6.01. The molecule has 11 nitrogen and oxygen atoms in total. The smallest absolute Gasteiger partial charge is 0.250 e. The van der Waals surface area contributed by atoms with Crippen LogP contribution in [0.15, 0.2) is 34.1 Å².